The van der Waals surface area contributed by atoms with Crippen molar-refractivity contribution in [2.45, 2.75) is 6.92 Å². The lowest BCUT2D eigenvalue weighted by Crippen LogP contribution is -2.44. The van der Waals surface area contributed by atoms with E-state index >= 15 is 0 Å². The van der Waals surface area contributed by atoms with Crippen LogP contribution >= 0.6 is 0 Å². The number of para-hydroxylation sites is 1. The number of carbonyl (C=O) groups is 2. The molecule has 0 aliphatic carbocycles. The van der Waals surface area contributed by atoms with Crippen LogP contribution in [0.4, 0.5) is 4.79 Å². The van der Waals surface area contributed by atoms with E-state index in [1.54, 1.807) is 18.9 Å². The van der Waals surface area contributed by atoms with Crippen molar-refractivity contribution >= 4 is 11.9 Å². The first-order valence-corrected chi connectivity index (χ1v) is 6.56. The highest BCUT2D eigenvalue weighted by Gasteiger charge is 2.09. The normalized spacial score (nSPS) is 10.2. The molecule has 0 bridgehead atoms. The van der Waals surface area contributed by atoms with Gasteiger partial charge in [0.05, 0.1) is 6.54 Å². The molecule has 0 saturated heterocycles. The SMILES string of the molecule is CCNC(=O)NC(=O)CN(C)CCOc1ccccc1. The summed E-state index contributed by atoms with van der Waals surface area (Å²) in [7, 11) is 1.80. The molecule has 0 fully saturated rings. The summed E-state index contributed by atoms with van der Waals surface area (Å²) in [6.45, 7) is 3.50. The number of amides is 3. The zero-order valence-electron chi connectivity index (χ0n) is 11.9. The number of nitrogens with one attached hydrogen (secondary N) is 2. The predicted octanol–water partition coefficient (Wildman–Crippen LogP) is 0.843. The third-order valence-corrected chi connectivity index (χ3v) is 2.49. The minimum atomic E-state index is -0.466. The lowest BCUT2D eigenvalue weighted by Gasteiger charge is -2.16. The highest BCUT2D eigenvalue weighted by Crippen LogP contribution is 2.07. The van der Waals surface area contributed by atoms with Crippen molar-refractivity contribution in [2.24, 2.45) is 0 Å². The molecule has 6 nitrogen and oxygen atoms in total. The summed E-state index contributed by atoms with van der Waals surface area (Å²) in [6, 6.07) is 9.01. The zero-order chi connectivity index (χ0) is 14.8. The van der Waals surface area contributed by atoms with Crippen LogP contribution in [0, 0.1) is 0 Å². The molecule has 0 aliphatic rings. The van der Waals surface area contributed by atoms with Crippen LogP contribution in [0.3, 0.4) is 0 Å². The van der Waals surface area contributed by atoms with E-state index in [0.717, 1.165) is 5.75 Å². The molecule has 110 valence electrons. The van der Waals surface area contributed by atoms with Gasteiger partial charge in [0, 0.05) is 13.1 Å². The molecule has 0 aliphatic heterocycles. The molecule has 0 heterocycles. The van der Waals surface area contributed by atoms with Gasteiger partial charge in [-0.05, 0) is 26.1 Å². The Kier molecular flexibility index (Phi) is 7.13. The highest BCUT2D eigenvalue weighted by atomic mass is 16.5. The maximum absolute atomic E-state index is 11.5. The monoisotopic (exact) mass is 279 g/mol. The number of urea groups is 1. The van der Waals surface area contributed by atoms with E-state index in [1.807, 2.05) is 30.3 Å². The fourth-order valence-electron chi connectivity index (χ4n) is 1.53. The van der Waals surface area contributed by atoms with Gasteiger partial charge in [-0.2, -0.15) is 0 Å². The summed E-state index contributed by atoms with van der Waals surface area (Å²) in [5, 5.41) is 4.75. The van der Waals surface area contributed by atoms with E-state index in [9.17, 15) is 9.59 Å². The first-order chi connectivity index (χ1) is 9.61. The van der Waals surface area contributed by atoms with E-state index in [1.165, 1.54) is 0 Å². The number of ether oxygens (including phenoxy) is 1. The maximum atomic E-state index is 11.5. The van der Waals surface area contributed by atoms with Gasteiger partial charge in [-0.25, -0.2) is 4.79 Å². The number of benzene rings is 1. The molecule has 1 aromatic carbocycles. The average Bonchev–Trinajstić information content (AvgIpc) is 2.39. The lowest BCUT2D eigenvalue weighted by atomic mass is 10.3. The van der Waals surface area contributed by atoms with Crippen LogP contribution in [0.2, 0.25) is 0 Å². The molecular weight excluding hydrogens is 258 g/mol. The van der Waals surface area contributed by atoms with Crippen molar-refractivity contribution < 1.29 is 14.3 Å². The van der Waals surface area contributed by atoms with Crippen molar-refractivity contribution in [1.29, 1.82) is 0 Å². The van der Waals surface area contributed by atoms with Gasteiger partial charge < -0.3 is 10.1 Å². The van der Waals surface area contributed by atoms with Crippen LogP contribution < -0.4 is 15.4 Å². The molecule has 1 aromatic rings. The van der Waals surface area contributed by atoms with Gasteiger partial charge in [0.2, 0.25) is 5.91 Å². The largest absolute Gasteiger partial charge is 0.492 e. The lowest BCUT2D eigenvalue weighted by molar-refractivity contribution is -0.120. The highest BCUT2D eigenvalue weighted by molar-refractivity contribution is 5.95. The van der Waals surface area contributed by atoms with Gasteiger partial charge in [0.15, 0.2) is 0 Å². The van der Waals surface area contributed by atoms with Gasteiger partial charge in [-0.15, -0.1) is 0 Å². The van der Waals surface area contributed by atoms with Gasteiger partial charge in [-0.3, -0.25) is 15.0 Å². The number of imide groups is 1. The Morgan fingerprint density at radius 2 is 1.95 bits per heavy atom. The number of rotatable bonds is 7. The van der Waals surface area contributed by atoms with Crippen molar-refractivity contribution in [2.75, 3.05) is 33.3 Å². The Morgan fingerprint density at radius 1 is 1.25 bits per heavy atom. The van der Waals surface area contributed by atoms with Crippen LogP contribution in [-0.2, 0) is 4.79 Å². The smallest absolute Gasteiger partial charge is 0.321 e. The summed E-state index contributed by atoms with van der Waals surface area (Å²) in [6.07, 6.45) is 0. The van der Waals surface area contributed by atoms with Crippen molar-refractivity contribution in [1.82, 2.24) is 15.5 Å². The summed E-state index contributed by atoms with van der Waals surface area (Å²) in [5.41, 5.74) is 0. The number of hydrogen-bond donors (Lipinski definition) is 2. The minimum absolute atomic E-state index is 0.148. The predicted molar refractivity (Wildman–Crippen MR) is 76.6 cm³/mol. The molecule has 20 heavy (non-hydrogen) atoms. The van der Waals surface area contributed by atoms with Crippen LogP contribution in [0.5, 0.6) is 5.75 Å². The third-order valence-electron chi connectivity index (χ3n) is 2.49. The summed E-state index contributed by atoms with van der Waals surface area (Å²) in [4.78, 5) is 24.5. The van der Waals surface area contributed by atoms with E-state index in [0.29, 0.717) is 19.7 Å². The second-order valence-corrected chi connectivity index (χ2v) is 4.31. The molecule has 0 spiro atoms. The van der Waals surface area contributed by atoms with Gasteiger partial charge in [-0.1, -0.05) is 18.2 Å². The second kappa shape index (κ2) is 8.92. The average molecular weight is 279 g/mol. The zero-order valence-corrected chi connectivity index (χ0v) is 11.9. The maximum Gasteiger partial charge on any atom is 0.321 e. The van der Waals surface area contributed by atoms with Crippen molar-refractivity contribution in [3.05, 3.63) is 30.3 Å². The topological polar surface area (TPSA) is 70.7 Å². The van der Waals surface area contributed by atoms with Crippen LogP contribution in [0.15, 0.2) is 30.3 Å². The Labute approximate surface area is 119 Å². The van der Waals surface area contributed by atoms with E-state index < -0.39 is 6.03 Å². The molecule has 0 aromatic heterocycles. The second-order valence-electron chi connectivity index (χ2n) is 4.31. The molecule has 0 unspecified atom stereocenters. The molecular formula is C14H21N3O3. The van der Waals surface area contributed by atoms with Crippen molar-refractivity contribution in [3.63, 3.8) is 0 Å². The Morgan fingerprint density at radius 3 is 2.60 bits per heavy atom. The van der Waals surface area contributed by atoms with Crippen LogP contribution in [0.1, 0.15) is 6.92 Å². The third kappa shape index (κ3) is 6.75. The summed E-state index contributed by atoms with van der Waals surface area (Å²) < 4.78 is 5.53. The molecule has 0 atom stereocenters. The number of carbonyl (C=O) groups excluding carboxylic acids is 2. The first kappa shape index (κ1) is 16.0. The molecule has 0 saturated carbocycles. The Balaban J connectivity index is 2.18. The fourth-order valence-corrected chi connectivity index (χ4v) is 1.53. The molecule has 1 rings (SSSR count). The fraction of sp³-hybridized carbons (Fsp3) is 0.429. The number of hydrogen-bond acceptors (Lipinski definition) is 4. The van der Waals surface area contributed by atoms with E-state index in [2.05, 4.69) is 10.6 Å². The Bertz CT molecular complexity index is 423. The molecule has 6 heteroatoms. The molecule has 2 N–H and O–H groups in total. The van der Waals surface area contributed by atoms with Crippen molar-refractivity contribution in [3.8, 4) is 5.75 Å². The van der Waals surface area contributed by atoms with Gasteiger partial charge in [0.1, 0.15) is 12.4 Å². The molecule has 3 amide bonds. The van der Waals surface area contributed by atoms with Gasteiger partial charge >= 0.3 is 6.03 Å². The van der Waals surface area contributed by atoms with E-state index in [-0.39, 0.29) is 12.5 Å². The molecule has 0 radical (unpaired) electrons. The quantitative estimate of drug-likeness (QED) is 0.776. The summed E-state index contributed by atoms with van der Waals surface area (Å²) >= 11 is 0. The number of likely N-dealkylation sites (N-methyl/N-ethyl adjacent to an activating group) is 1. The Hall–Kier alpha value is -2.08. The minimum Gasteiger partial charge on any atom is -0.492 e. The van der Waals surface area contributed by atoms with Crippen LogP contribution in [0.25, 0.3) is 0 Å². The number of nitrogens with zero attached hydrogens (tertiary/aromatic N) is 1. The summed E-state index contributed by atoms with van der Waals surface area (Å²) in [5.74, 6) is 0.464. The standard InChI is InChI=1S/C14H21N3O3/c1-3-15-14(19)16-13(18)11-17(2)9-10-20-12-7-5-4-6-8-12/h4-8H,3,9-11H2,1-2H3,(H2,15,16,18,19). The van der Waals surface area contributed by atoms with Crippen LogP contribution in [-0.4, -0.2) is 50.1 Å². The van der Waals surface area contributed by atoms with E-state index in [4.69, 9.17) is 4.74 Å². The first-order valence-electron chi connectivity index (χ1n) is 6.56. The van der Waals surface area contributed by atoms with Gasteiger partial charge in [0.25, 0.3) is 0 Å².